The lowest BCUT2D eigenvalue weighted by Crippen LogP contribution is -2.27. The van der Waals surface area contributed by atoms with Gasteiger partial charge in [-0.25, -0.2) is 4.39 Å². The molecule has 0 radical (unpaired) electrons. The molecule has 25 heavy (non-hydrogen) atoms. The molecule has 0 spiro atoms. The highest BCUT2D eigenvalue weighted by molar-refractivity contribution is 5.77. The smallest absolute Gasteiger partial charge is 0.226 e. The van der Waals surface area contributed by atoms with Crippen molar-refractivity contribution in [2.45, 2.75) is 12.8 Å². The van der Waals surface area contributed by atoms with Crippen molar-refractivity contribution in [1.29, 1.82) is 0 Å². The van der Waals surface area contributed by atoms with Crippen molar-refractivity contribution in [3.05, 3.63) is 77.9 Å². The summed E-state index contributed by atoms with van der Waals surface area (Å²) in [6.07, 6.45) is 2.10. The third kappa shape index (κ3) is 4.91. The van der Waals surface area contributed by atoms with Gasteiger partial charge in [-0.1, -0.05) is 29.4 Å². The van der Waals surface area contributed by atoms with Crippen LogP contribution in [-0.2, 0) is 17.6 Å². The van der Waals surface area contributed by atoms with Crippen LogP contribution in [0.3, 0.4) is 0 Å². The number of nitrogens with zero attached hydrogens (tertiary/aromatic N) is 1. The lowest BCUT2D eigenvalue weighted by molar-refractivity contribution is -0.120. The Hall–Kier alpha value is -3.15. The van der Waals surface area contributed by atoms with Crippen LogP contribution >= 0.6 is 0 Å². The second kappa shape index (κ2) is 8.10. The van der Waals surface area contributed by atoms with Gasteiger partial charge in [0.25, 0.3) is 0 Å². The molecule has 1 aromatic heterocycles. The normalized spacial score (nSPS) is 10.4. The summed E-state index contributed by atoms with van der Waals surface area (Å²) in [5.41, 5.74) is 1.35. The number of ether oxygens (including phenoxy) is 1. The van der Waals surface area contributed by atoms with Crippen LogP contribution in [0.1, 0.15) is 11.3 Å². The SMILES string of the molecule is O=C(Cc1ccon1)NCCc1ccc(Oc2ccccc2)c(F)c1. The van der Waals surface area contributed by atoms with Gasteiger partial charge in [0.2, 0.25) is 5.91 Å². The van der Waals surface area contributed by atoms with E-state index in [9.17, 15) is 9.18 Å². The van der Waals surface area contributed by atoms with Gasteiger partial charge < -0.3 is 14.6 Å². The summed E-state index contributed by atoms with van der Waals surface area (Å²) in [4.78, 5) is 11.7. The number of amides is 1. The Kier molecular flexibility index (Phi) is 5.41. The number of hydrogen-bond acceptors (Lipinski definition) is 4. The zero-order chi connectivity index (χ0) is 17.5. The highest BCUT2D eigenvalue weighted by atomic mass is 19.1. The molecule has 3 aromatic rings. The number of carbonyl (C=O) groups excluding carboxylic acids is 1. The van der Waals surface area contributed by atoms with E-state index in [0.717, 1.165) is 5.56 Å². The monoisotopic (exact) mass is 340 g/mol. The Morgan fingerprint density at radius 3 is 2.72 bits per heavy atom. The Balaban J connectivity index is 1.50. The van der Waals surface area contributed by atoms with Gasteiger partial charge in [-0.15, -0.1) is 0 Å². The molecule has 128 valence electrons. The van der Waals surface area contributed by atoms with Crippen LogP contribution in [0, 0.1) is 5.82 Å². The molecule has 1 N–H and O–H groups in total. The molecule has 0 atom stereocenters. The topological polar surface area (TPSA) is 64.4 Å². The number of carbonyl (C=O) groups is 1. The molecule has 0 unspecified atom stereocenters. The maximum atomic E-state index is 14.1. The van der Waals surface area contributed by atoms with E-state index in [4.69, 9.17) is 4.74 Å². The predicted octanol–water partition coefficient (Wildman–Crippen LogP) is 3.51. The van der Waals surface area contributed by atoms with Crippen LogP contribution in [0.15, 0.2) is 65.4 Å². The minimum atomic E-state index is -0.435. The Morgan fingerprint density at radius 1 is 1.16 bits per heavy atom. The van der Waals surface area contributed by atoms with Gasteiger partial charge in [0.05, 0.1) is 12.1 Å². The molecule has 0 saturated heterocycles. The largest absolute Gasteiger partial charge is 0.454 e. The van der Waals surface area contributed by atoms with Crippen LogP contribution in [0.2, 0.25) is 0 Å². The molecule has 0 fully saturated rings. The second-order valence-corrected chi connectivity index (χ2v) is 5.45. The molecule has 0 bridgehead atoms. The maximum absolute atomic E-state index is 14.1. The van der Waals surface area contributed by atoms with Crippen LogP contribution in [0.25, 0.3) is 0 Å². The highest BCUT2D eigenvalue weighted by Gasteiger charge is 2.08. The van der Waals surface area contributed by atoms with Crippen molar-refractivity contribution >= 4 is 5.91 Å². The second-order valence-electron chi connectivity index (χ2n) is 5.45. The minimum absolute atomic E-state index is 0.154. The minimum Gasteiger partial charge on any atom is -0.454 e. The standard InChI is InChI=1S/C19H17FN2O3/c20-17-12-14(6-7-18(17)25-16-4-2-1-3-5-16)8-10-21-19(23)13-15-9-11-24-22-15/h1-7,9,11-12H,8,10,13H2,(H,21,23). The van der Waals surface area contributed by atoms with E-state index >= 15 is 0 Å². The van der Waals surface area contributed by atoms with E-state index in [1.807, 2.05) is 18.2 Å². The molecule has 2 aromatic carbocycles. The van der Waals surface area contributed by atoms with Gasteiger partial charge in [0.1, 0.15) is 12.0 Å². The quantitative estimate of drug-likeness (QED) is 0.715. The summed E-state index contributed by atoms with van der Waals surface area (Å²) in [5, 5.41) is 6.45. The van der Waals surface area contributed by atoms with Crippen LogP contribution < -0.4 is 10.1 Å². The van der Waals surface area contributed by atoms with Crippen molar-refractivity contribution in [3.8, 4) is 11.5 Å². The number of para-hydroxylation sites is 1. The molecule has 5 nitrogen and oxygen atoms in total. The van der Waals surface area contributed by atoms with E-state index in [-0.39, 0.29) is 18.1 Å². The van der Waals surface area contributed by atoms with Gasteiger partial charge in [0.15, 0.2) is 11.6 Å². The molecular formula is C19H17FN2O3. The van der Waals surface area contributed by atoms with E-state index in [1.165, 1.54) is 12.3 Å². The fourth-order valence-electron chi connectivity index (χ4n) is 2.30. The average Bonchev–Trinajstić information content (AvgIpc) is 3.11. The van der Waals surface area contributed by atoms with Crippen molar-refractivity contribution < 1.29 is 18.4 Å². The van der Waals surface area contributed by atoms with Gasteiger partial charge in [-0.2, -0.15) is 0 Å². The number of benzene rings is 2. The molecule has 6 heteroatoms. The summed E-state index contributed by atoms with van der Waals surface area (Å²) < 4.78 is 24.3. The van der Waals surface area contributed by atoms with Crippen LogP contribution in [-0.4, -0.2) is 17.6 Å². The predicted molar refractivity (Wildman–Crippen MR) is 89.8 cm³/mol. The Morgan fingerprint density at radius 2 is 2.00 bits per heavy atom. The number of nitrogens with one attached hydrogen (secondary N) is 1. The van der Waals surface area contributed by atoms with Crippen LogP contribution in [0.5, 0.6) is 11.5 Å². The maximum Gasteiger partial charge on any atom is 0.226 e. The van der Waals surface area contributed by atoms with E-state index < -0.39 is 5.82 Å². The lowest BCUT2D eigenvalue weighted by atomic mass is 10.1. The summed E-state index contributed by atoms with van der Waals surface area (Å²) in [7, 11) is 0. The van der Waals surface area contributed by atoms with Crippen LogP contribution in [0.4, 0.5) is 4.39 Å². The average molecular weight is 340 g/mol. The molecule has 0 aliphatic carbocycles. The number of halogens is 1. The molecule has 0 aliphatic heterocycles. The van der Waals surface area contributed by atoms with E-state index in [0.29, 0.717) is 24.4 Å². The van der Waals surface area contributed by atoms with Crippen molar-refractivity contribution in [1.82, 2.24) is 10.5 Å². The Bertz CT molecular complexity index is 820. The summed E-state index contributed by atoms with van der Waals surface area (Å²) in [6, 6.07) is 15.5. The third-order valence-electron chi connectivity index (χ3n) is 3.54. The molecule has 0 saturated carbocycles. The lowest BCUT2D eigenvalue weighted by Gasteiger charge is -2.09. The molecule has 3 rings (SSSR count). The first-order chi connectivity index (χ1) is 12.2. The Labute approximate surface area is 144 Å². The first-order valence-electron chi connectivity index (χ1n) is 7.88. The van der Waals surface area contributed by atoms with Crippen molar-refractivity contribution in [3.63, 3.8) is 0 Å². The van der Waals surface area contributed by atoms with E-state index in [2.05, 4.69) is 15.0 Å². The number of rotatable bonds is 7. The zero-order valence-corrected chi connectivity index (χ0v) is 13.4. The first kappa shape index (κ1) is 16.7. The van der Waals surface area contributed by atoms with Crippen molar-refractivity contribution in [2.75, 3.05) is 6.54 Å². The highest BCUT2D eigenvalue weighted by Crippen LogP contribution is 2.24. The molecular weight excluding hydrogens is 323 g/mol. The van der Waals surface area contributed by atoms with Gasteiger partial charge in [-0.05, 0) is 36.2 Å². The summed E-state index contributed by atoms with van der Waals surface area (Å²) >= 11 is 0. The first-order valence-corrected chi connectivity index (χ1v) is 7.88. The fraction of sp³-hybridized carbons (Fsp3) is 0.158. The van der Waals surface area contributed by atoms with Gasteiger partial charge in [-0.3, -0.25) is 4.79 Å². The molecule has 1 heterocycles. The third-order valence-corrected chi connectivity index (χ3v) is 3.54. The van der Waals surface area contributed by atoms with E-state index in [1.54, 1.807) is 30.3 Å². The van der Waals surface area contributed by atoms with Gasteiger partial charge in [0, 0.05) is 12.6 Å². The molecule has 0 aliphatic rings. The fourth-order valence-corrected chi connectivity index (χ4v) is 2.30. The molecule has 1 amide bonds. The zero-order valence-electron chi connectivity index (χ0n) is 13.4. The number of aromatic nitrogens is 1. The number of hydrogen-bond donors (Lipinski definition) is 1. The van der Waals surface area contributed by atoms with Crippen molar-refractivity contribution in [2.24, 2.45) is 0 Å². The van der Waals surface area contributed by atoms with Gasteiger partial charge >= 0.3 is 0 Å². The summed E-state index contributed by atoms with van der Waals surface area (Å²) in [5.74, 6) is 0.160. The summed E-state index contributed by atoms with van der Waals surface area (Å²) in [6.45, 7) is 0.412.